The van der Waals surface area contributed by atoms with Gasteiger partial charge in [-0.15, -0.1) is 0 Å². The minimum Gasteiger partial charge on any atom is -0.349 e. The molecule has 5 heteroatoms. The molecule has 1 atom stereocenters. The number of nitrogens with one attached hydrogen (secondary N) is 2. The van der Waals surface area contributed by atoms with Gasteiger partial charge in [-0.3, -0.25) is 4.79 Å². The predicted octanol–water partition coefficient (Wildman–Crippen LogP) is 1.50. The fourth-order valence-corrected chi connectivity index (χ4v) is 1.24. The first kappa shape index (κ1) is 13.6. The van der Waals surface area contributed by atoms with Gasteiger partial charge in [0.1, 0.15) is 0 Å². The standard InChI is InChI=1S/C12H16F2N2O/c1-9(15-2)8-16-11(17)12(13,14)10-6-4-3-5-7-10/h3-7,9,15H,8H2,1-2H3,(H,16,17). The molecule has 0 aliphatic rings. The molecule has 1 amide bonds. The van der Waals surface area contributed by atoms with Crippen molar-refractivity contribution in [2.45, 2.75) is 18.9 Å². The van der Waals surface area contributed by atoms with Gasteiger partial charge in [0.25, 0.3) is 5.91 Å². The van der Waals surface area contributed by atoms with Crippen molar-refractivity contribution >= 4 is 5.91 Å². The lowest BCUT2D eigenvalue weighted by Gasteiger charge is -2.18. The van der Waals surface area contributed by atoms with E-state index in [1.807, 2.05) is 0 Å². The lowest BCUT2D eigenvalue weighted by atomic mass is 10.1. The van der Waals surface area contributed by atoms with Crippen molar-refractivity contribution in [3.8, 4) is 0 Å². The summed E-state index contributed by atoms with van der Waals surface area (Å²) in [5.74, 6) is -4.76. The second kappa shape index (κ2) is 5.72. The van der Waals surface area contributed by atoms with Crippen LogP contribution in [0.3, 0.4) is 0 Å². The molecule has 3 nitrogen and oxygen atoms in total. The molecule has 0 aliphatic heterocycles. The summed E-state index contributed by atoms with van der Waals surface area (Å²) in [5, 5.41) is 5.07. The smallest absolute Gasteiger partial charge is 0.349 e. The first-order valence-corrected chi connectivity index (χ1v) is 5.37. The Hall–Kier alpha value is -1.49. The van der Waals surface area contributed by atoms with E-state index in [0.29, 0.717) is 0 Å². The number of carbonyl (C=O) groups is 1. The van der Waals surface area contributed by atoms with Gasteiger partial charge in [-0.2, -0.15) is 8.78 Å². The molecule has 1 unspecified atom stereocenters. The molecule has 2 N–H and O–H groups in total. The summed E-state index contributed by atoms with van der Waals surface area (Å²) in [4.78, 5) is 11.4. The predicted molar refractivity (Wildman–Crippen MR) is 61.9 cm³/mol. The SMILES string of the molecule is CNC(C)CNC(=O)C(F)(F)c1ccccc1. The number of amides is 1. The Labute approximate surface area is 99.2 Å². The molecule has 0 saturated heterocycles. The van der Waals surface area contributed by atoms with Gasteiger partial charge in [0.15, 0.2) is 0 Å². The van der Waals surface area contributed by atoms with Gasteiger partial charge in [0.05, 0.1) is 0 Å². The normalized spacial score (nSPS) is 13.2. The summed E-state index contributed by atoms with van der Waals surface area (Å²) in [6.07, 6.45) is 0. The summed E-state index contributed by atoms with van der Waals surface area (Å²) >= 11 is 0. The topological polar surface area (TPSA) is 41.1 Å². The first-order chi connectivity index (χ1) is 7.98. The van der Waals surface area contributed by atoms with Gasteiger partial charge >= 0.3 is 5.92 Å². The van der Waals surface area contributed by atoms with Crippen LogP contribution in [0.15, 0.2) is 30.3 Å². The Morgan fingerprint density at radius 1 is 1.35 bits per heavy atom. The van der Waals surface area contributed by atoms with E-state index in [1.54, 1.807) is 20.0 Å². The third kappa shape index (κ3) is 3.49. The molecule has 0 fully saturated rings. The van der Waals surface area contributed by atoms with Gasteiger partial charge in [-0.05, 0) is 14.0 Å². The van der Waals surface area contributed by atoms with Crippen LogP contribution in [0.4, 0.5) is 8.78 Å². The van der Waals surface area contributed by atoms with Crippen molar-refractivity contribution in [2.75, 3.05) is 13.6 Å². The van der Waals surface area contributed by atoms with Crippen LogP contribution in [0.2, 0.25) is 0 Å². The van der Waals surface area contributed by atoms with Crippen molar-refractivity contribution in [1.82, 2.24) is 10.6 Å². The zero-order chi connectivity index (χ0) is 12.9. The molecule has 0 aliphatic carbocycles. The van der Waals surface area contributed by atoms with Crippen LogP contribution in [0, 0.1) is 0 Å². The monoisotopic (exact) mass is 242 g/mol. The van der Waals surface area contributed by atoms with Crippen LogP contribution in [0.5, 0.6) is 0 Å². The largest absolute Gasteiger partial charge is 0.349 e. The van der Waals surface area contributed by atoms with Crippen LogP contribution in [-0.4, -0.2) is 25.5 Å². The van der Waals surface area contributed by atoms with Crippen LogP contribution in [-0.2, 0) is 10.7 Å². The highest BCUT2D eigenvalue weighted by molar-refractivity contribution is 5.84. The number of hydrogen-bond acceptors (Lipinski definition) is 2. The number of alkyl halides is 2. The fourth-order valence-electron chi connectivity index (χ4n) is 1.24. The molecule has 0 aromatic heterocycles. The quantitative estimate of drug-likeness (QED) is 0.821. The zero-order valence-electron chi connectivity index (χ0n) is 9.84. The summed E-state index contributed by atoms with van der Waals surface area (Å²) < 4.78 is 27.3. The Morgan fingerprint density at radius 2 is 1.94 bits per heavy atom. The van der Waals surface area contributed by atoms with Crippen molar-refractivity contribution < 1.29 is 13.6 Å². The third-order valence-corrected chi connectivity index (χ3v) is 2.48. The summed E-state index contributed by atoms with van der Waals surface area (Å²) in [5.41, 5.74) is -0.297. The van der Waals surface area contributed by atoms with Crippen LogP contribution >= 0.6 is 0 Å². The molecule has 1 aromatic carbocycles. The molecular weight excluding hydrogens is 226 g/mol. The number of hydrogen-bond donors (Lipinski definition) is 2. The minimum absolute atomic E-state index is 0.0504. The molecule has 1 aromatic rings. The molecular formula is C12H16F2N2O. The molecule has 0 heterocycles. The molecule has 94 valence electrons. The third-order valence-electron chi connectivity index (χ3n) is 2.48. The molecule has 0 spiro atoms. The Bertz CT molecular complexity index is 368. The average Bonchev–Trinajstić information content (AvgIpc) is 2.36. The highest BCUT2D eigenvalue weighted by atomic mass is 19.3. The van der Waals surface area contributed by atoms with E-state index in [9.17, 15) is 13.6 Å². The van der Waals surface area contributed by atoms with E-state index in [0.717, 1.165) is 0 Å². The number of likely N-dealkylation sites (N-methyl/N-ethyl adjacent to an activating group) is 1. The lowest BCUT2D eigenvalue weighted by Crippen LogP contribution is -2.43. The Balaban J connectivity index is 2.67. The Morgan fingerprint density at radius 3 is 2.47 bits per heavy atom. The number of carbonyl (C=O) groups excluding carboxylic acids is 1. The van der Waals surface area contributed by atoms with E-state index in [2.05, 4.69) is 10.6 Å². The fraction of sp³-hybridized carbons (Fsp3) is 0.417. The van der Waals surface area contributed by atoms with Gasteiger partial charge < -0.3 is 10.6 Å². The summed E-state index contributed by atoms with van der Waals surface area (Å²) in [6, 6.07) is 7.01. The van der Waals surface area contributed by atoms with E-state index >= 15 is 0 Å². The summed E-state index contributed by atoms with van der Waals surface area (Å²) in [7, 11) is 1.70. The van der Waals surface area contributed by atoms with Crippen molar-refractivity contribution in [3.05, 3.63) is 35.9 Å². The average molecular weight is 242 g/mol. The van der Waals surface area contributed by atoms with Crippen molar-refractivity contribution in [1.29, 1.82) is 0 Å². The maximum absolute atomic E-state index is 13.7. The van der Waals surface area contributed by atoms with Gasteiger partial charge in [-0.1, -0.05) is 30.3 Å². The lowest BCUT2D eigenvalue weighted by molar-refractivity contribution is -0.147. The highest BCUT2D eigenvalue weighted by Crippen LogP contribution is 2.27. The zero-order valence-corrected chi connectivity index (χ0v) is 9.84. The minimum atomic E-state index is -3.49. The number of halogens is 2. The molecule has 0 bridgehead atoms. The van der Waals surface area contributed by atoms with Crippen LogP contribution in [0.1, 0.15) is 12.5 Å². The van der Waals surface area contributed by atoms with E-state index in [4.69, 9.17) is 0 Å². The van der Waals surface area contributed by atoms with Crippen LogP contribution in [0.25, 0.3) is 0 Å². The van der Waals surface area contributed by atoms with Gasteiger partial charge in [-0.25, -0.2) is 0 Å². The number of rotatable bonds is 5. The van der Waals surface area contributed by atoms with Crippen LogP contribution < -0.4 is 10.6 Å². The molecule has 1 rings (SSSR count). The highest BCUT2D eigenvalue weighted by Gasteiger charge is 2.40. The van der Waals surface area contributed by atoms with E-state index < -0.39 is 11.8 Å². The van der Waals surface area contributed by atoms with E-state index in [1.165, 1.54) is 24.3 Å². The second-order valence-corrected chi connectivity index (χ2v) is 3.84. The maximum atomic E-state index is 13.7. The molecule has 0 radical (unpaired) electrons. The number of benzene rings is 1. The van der Waals surface area contributed by atoms with E-state index in [-0.39, 0.29) is 18.2 Å². The molecule has 0 saturated carbocycles. The Kier molecular flexibility index (Phi) is 4.57. The van der Waals surface area contributed by atoms with Gasteiger partial charge in [0.2, 0.25) is 0 Å². The first-order valence-electron chi connectivity index (χ1n) is 5.37. The second-order valence-electron chi connectivity index (χ2n) is 3.84. The maximum Gasteiger partial charge on any atom is 0.349 e. The summed E-state index contributed by atoms with van der Waals surface area (Å²) in [6.45, 7) is 1.96. The van der Waals surface area contributed by atoms with Crippen molar-refractivity contribution in [2.24, 2.45) is 0 Å². The molecule has 17 heavy (non-hydrogen) atoms. The van der Waals surface area contributed by atoms with Crippen molar-refractivity contribution in [3.63, 3.8) is 0 Å². The van der Waals surface area contributed by atoms with Gasteiger partial charge in [0, 0.05) is 18.2 Å².